The zero-order valence-electron chi connectivity index (χ0n) is 26.4. The Kier molecular flexibility index (Phi) is 16.8. The van der Waals surface area contributed by atoms with Crippen LogP contribution in [0.1, 0.15) is 52.9 Å². The predicted octanol–water partition coefficient (Wildman–Crippen LogP) is -5.83. The summed E-state index contributed by atoms with van der Waals surface area (Å²) in [5, 5.41) is 35.1. The summed E-state index contributed by atoms with van der Waals surface area (Å²) in [4.78, 5) is 110. The Morgan fingerprint density at radius 3 is 1.85 bits per heavy atom. The molecule has 1 aliphatic rings. The molecule has 1 heterocycles. The van der Waals surface area contributed by atoms with Crippen LogP contribution in [0.15, 0.2) is 0 Å². The monoisotopic (exact) mass is 671 g/mol. The van der Waals surface area contributed by atoms with Gasteiger partial charge in [0.25, 0.3) is 0 Å². The van der Waals surface area contributed by atoms with E-state index in [-0.39, 0.29) is 38.1 Å². The second-order valence-corrected chi connectivity index (χ2v) is 11.5. The number of hydrogen-bond acceptors (Lipinski definition) is 11. The van der Waals surface area contributed by atoms with E-state index in [1.165, 1.54) is 6.92 Å². The van der Waals surface area contributed by atoms with Crippen molar-refractivity contribution in [3.63, 3.8) is 0 Å². The van der Waals surface area contributed by atoms with Gasteiger partial charge >= 0.3 is 5.97 Å². The van der Waals surface area contributed by atoms with Gasteiger partial charge in [-0.25, -0.2) is 0 Å². The summed E-state index contributed by atoms with van der Waals surface area (Å²) >= 11 is 0. The maximum absolute atomic E-state index is 13.1. The fraction of sp³-hybridized carbons (Fsp3) is 0.667. The van der Waals surface area contributed by atoms with E-state index in [2.05, 4.69) is 37.2 Å². The summed E-state index contributed by atoms with van der Waals surface area (Å²) in [5.74, 6) is -8.26. The highest BCUT2D eigenvalue weighted by Gasteiger charge is 2.31. The Morgan fingerprint density at radius 2 is 1.34 bits per heavy atom. The predicted molar refractivity (Wildman–Crippen MR) is 161 cm³/mol. The molecule has 8 amide bonds. The average molecular weight is 672 g/mol. The Hall–Kier alpha value is -4.85. The second kappa shape index (κ2) is 19.6. The lowest BCUT2D eigenvalue weighted by molar-refractivity contribution is -0.141. The highest BCUT2D eigenvalue weighted by Crippen LogP contribution is 2.07. The van der Waals surface area contributed by atoms with Crippen LogP contribution in [0.5, 0.6) is 0 Å². The van der Waals surface area contributed by atoms with Crippen molar-refractivity contribution in [3.05, 3.63) is 0 Å². The van der Waals surface area contributed by atoms with Crippen molar-refractivity contribution < 1.29 is 53.4 Å². The molecular weight excluding hydrogens is 626 g/mol. The Morgan fingerprint density at radius 1 is 0.766 bits per heavy atom. The van der Waals surface area contributed by atoms with Gasteiger partial charge in [-0.05, 0) is 32.1 Å². The molecule has 47 heavy (non-hydrogen) atoms. The molecule has 20 nitrogen and oxygen atoms in total. The SMILES string of the molecule is CC(C)C[C@H](NC(=O)CNC(=O)[C@H](CC(N)=O)NC(=O)[C@H](CCC(N)=O)NC(=O)CNC(=O)[C@@H]1C[C@@H](O)CN1)C(=O)N[C@@H](C)C(=O)O. The van der Waals surface area contributed by atoms with E-state index in [0.29, 0.717) is 0 Å². The van der Waals surface area contributed by atoms with E-state index in [0.717, 1.165) is 0 Å². The molecule has 0 aliphatic carbocycles. The van der Waals surface area contributed by atoms with Crippen molar-refractivity contribution in [1.29, 1.82) is 0 Å². The minimum Gasteiger partial charge on any atom is -0.480 e. The number of primary amides is 2. The van der Waals surface area contributed by atoms with Gasteiger partial charge in [-0.1, -0.05) is 13.8 Å². The number of carboxylic acid groups (broad SMARTS) is 1. The minimum atomic E-state index is -1.63. The summed E-state index contributed by atoms with van der Waals surface area (Å²) in [6, 6.07) is -6.17. The molecule has 0 aromatic rings. The lowest BCUT2D eigenvalue weighted by Crippen LogP contribution is -2.57. The maximum atomic E-state index is 13.1. The molecule has 20 heteroatoms. The molecule has 13 N–H and O–H groups in total. The molecule has 1 fully saturated rings. The molecule has 0 radical (unpaired) electrons. The van der Waals surface area contributed by atoms with Gasteiger partial charge in [-0.3, -0.25) is 43.2 Å². The van der Waals surface area contributed by atoms with Crippen molar-refractivity contribution in [2.75, 3.05) is 19.6 Å². The van der Waals surface area contributed by atoms with Crippen molar-refractivity contribution in [2.45, 2.75) is 89.2 Å². The fourth-order valence-electron chi connectivity index (χ4n) is 4.31. The van der Waals surface area contributed by atoms with Crippen LogP contribution in [0.2, 0.25) is 0 Å². The molecule has 0 unspecified atom stereocenters. The molecular formula is C27H45N9O11. The molecule has 0 spiro atoms. The zero-order valence-corrected chi connectivity index (χ0v) is 26.4. The third-order valence-electron chi connectivity index (χ3n) is 6.73. The van der Waals surface area contributed by atoms with Crippen molar-refractivity contribution in [1.82, 2.24) is 37.2 Å². The number of rotatable bonds is 20. The normalized spacial score (nSPS) is 18.1. The van der Waals surface area contributed by atoms with Crippen LogP contribution in [-0.2, 0) is 43.2 Å². The molecule has 1 saturated heterocycles. The fourth-order valence-corrected chi connectivity index (χ4v) is 4.31. The number of nitrogens with two attached hydrogens (primary N) is 2. The van der Waals surface area contributed by atoms with E-state index in [9.17, 15) is 48.3 Å². The summed E-state index contributed by atoms with van der Waals surface area (Å²) < 4.78 is 0. The molecule has 0 aromatic heterocycles. The highest BCUT2D eigenvalue weighted by molar-refractivity contribution is 5.97. The highest BCUT2D eigenvalue weighted by atomic mass is 16.4. The lowest BCUT2D eigenvalue weighted by atomic mass is 10.0. The van der Waals surface area contributed by atoms with Gasteiger partial charge in [0, 0.05) is 13.0 Å². The number of carbonyl (C=O) groups excluding carboxylic acids is 8. The van der Waals surface area contributed by atoms with Crippen LogP contribution in [0.3, 0.4) is 0 Å². The minimum absolute atomic E-state index is 0.0893. The van der Waals surface area contributed by atoms with Gasteiger partial charge in [-0.2, -0.15) is 0 Å². The average Bonchev–Trinajstić information content (AvgIpc) is 3.41. The third-order valence-corrected chi connectivity index (χ3v) is 6.73. The van der Waals surface area contributed by atoms with Crippen LogP contribution >= 0.6 is 0 Å². The first-order valence-electron chi connectivity index (χ1n) is 14.8. The second-order valence-electron chi connectivity index (χ2n) is 11.5. The van der Waals surface area contributed by atoms with E-state index in [1.807, 2.05) is 0 Å². The number of hydrogen-bond donors (Lipinski definition) is 11. The van der Waals surface area contributed by atoms with Crippen LogP contribution in [-0.4, -0.2) is 119 Å². The number of carbonyl (C=O) groups is 9. The first-order valence-corrected chi connectivity index (χ1v) is 14.8. The molecule has 0 saturated carbocycles. The van der Waals surface area contributed by atoms with Gasteiger partial charge < -0.3 is 58.9 Å². The maximum Gasteiger partial charge on any atom is 0.325 e. The summed E-state index contributed by atoms with van der Waals surface area (Å²) in [6.45, 7) is 3.69. The van der Waals surface area contributed by atoms with Crippen molar-refractivity contribution in [2.24, 2.45) is 17.4 Å². The number of nitrogens with one attached hydrogen (secondary N) is 7. The van der Waals surface area contributed by atoms with Gasteiger partial charge in [0.1, 0.15) is 24.2 Å². The summed E-state index contributed by atoms with van der Waals surface area (Å²) in [7, 11) is 0. The molecule has 1 rings (SSSR count). The molecule has 1 aliphatic heterocycles. The zero-order chi connectivity index (χ0) is 35.8. The van der Waals surface area contributed by atoms with E-state index in [1.54, 1.807) is 13.8 Å². The Labute approximate surface area is 270 Å². The number of carboxylic acids is 1. The number of aliphatic carboxylic acids is 1. The van der Waals surface area contributed by atoms with Crippen LogP contribution in [0, 0.1) is 5.92 Å². The third kappa shape index (κ3) is 15.8. The molecule has 0 aromatic carbocycles. The van der Waals surface area contributed by atoms with E-state index in [4.69, 9.17) is 16.6 Å². The van der Waals surface area contributed by atoms with Crippen molar-refractivity contribution >= 4 is 53.2 Å². The topological polar surface area (TPSA) is 330 Å². The van der Waals surface area contributed by atoms with Crippen LogP contribution < -0.4 is 48.7 Å². The lowest BCUT2D eigenvalue weighted by Gasteiger charge is -2.23. The van der Waals surface area contributed by atoms with E-state index < -0.39 is 109 Å². The van der Waals surface area contributed by atoms with Crippen molar-refractivity contribution in [3.8, 4) is 0 Å². The number of amides is 8. The van der Waals surface area contributed by atoms with Gasteiger partial charge in [0.2, 0.25) is 47.3 Å². The number of aliphatic hydroxyl groups excluding tert-OH is 1. The van der Waals surface area contributed by atoms with E-state index >= 15 is 0 Å². The Balaban J connectivity index is 2.87. The number of β-amino-alcohol motifs (C(OH)–C–C–N with tert-alkyl or cyclic N) is 1. The molecule has 0 bridgehead atoms. The van der Waals surface area contributed by atoms with Gasteiger partial charge in [0.05, 0.1) is 31.7 Å². The molecule has 264 valence electrons. The number of aliphatic hydroxyl groups is 1. The van der Waals surface area contributed by atoms with Gasteiger partial charge in [0.15, 0.2) is 0 Å². The first-order chi connectivity index (χ1) is 21.9. The van der Waals surface area contributed by atoms with Crippen LogP contribution in [0.4, 0.5) is 0 Å². The standard InChI is InChI=1S/C27H45N9O11/c1-12(2)6-17(26(45)33-13(3)27(46)47)35-22(41)11-32-24(43)18(8-20(29)39)36-25(44)15(4-5-19(28)38)34-21(40)10-31-23(42)16-7-14(37)9-30-16/h12-18,30,37H,4-11H2,1-3H3,(H2,28,38)(H2,29,39)(H,31,42)(H,32,43)(H,33,45)(H,34,40)(H,35,41)(H,36,44)(H,46,47)/t13-,14+,15-,16-,17-,18-/m0/s1. The summed E-state index contributed by atoms with van der Waals surface area (Å²) in [6.07, 6.45) is -1.84. The summed E-state index contributed by atoms with van der Waals surface area (Å²) in [5.41, 5.74) is 10.4. The largest absolute Gasteiger partial charge is 0.480 e. The van der Waals surface area contributed by atoms with Gasteiger partial charge in [-0.15, -0.1) is 0 Å². The van der Waals surface area contributed by atoms with Crippen LogP contribution in [0.25, 0.3) is 0 Å². The smallest absolute Gasteiger partial charge is 0.325 e. The molecule has 6 atom stereocenters. The quantitative estimate of drug-likeness (QED) is 0.0577. The first kappa shape index (κ1) is 40.2. The Bertz CT molecular complexity index is 1200.